The second kappa shape index (κ2) is 16.6. The Bertz CT molecular complexity index is 1600. The molecule has 0 saturated heterocycles. The minimum atomic E-state index is -0.609. The van der Waals surface area contributed by atoms with Crippen LogP contribution in [0.5, 0.6) is 11.5 Å². The van der Waals surface area contributed by atoms with Crippen LogP contribution in [-0.2, 0) is 19.1 Å². The first-order valence-electron chi connectivity index (χ1n) is 13.5. The van der Waals surface area contributed by atoms with E-state index in [9.17, 15) is 19.7 Å². The van der Waals surface area contributed by atoms with E-state index in [1.165, 1.54) is 36.4 Å². The van der Waals surface area contributed by atoms with Crippen molar-refractivity contribution in [1.82, 2.24) is 0 Å². The van der Waals surface area contributed by atoms with Crippen LogP contribution >= 0.6 is 0 Å². The summed E-state index contributed by atoms with van der Waals surface area (Å²) in [7, 11) is 3.87. The number of rotatable bonds is 16. The Morgan fingerprint density at radius 2 is 1.29 bits per heavy atom. The monoisotopic (exact) mass is 616 g/mol. The fourth-order valence-corrected chi connectivity index (χ4v) is 3.52. The molecule has 3 aromatic carbocycles. The van der Waals surface area contributed by atoms with Crippen LogP contribution in [0.4, 0.5) is 34.1 Å². The van der Waals surface area contributed by atoms with E-state index in [2.05, 4.69) is 33.6 Å². The molecule has 0 bridgehead atoms. The smallest absolute Gasteiger partial charge is 0.330 e. The molecular formula is C31H32N6O8. The predicted molar refractivity (Wildman–Crippen MR) is 167 cm³/mol. The van der Waals surface area contributed by atoms with Gasteiger partial charge in [0, 0.05) is 56.2 Å². The summed E-state index contributed by atoms with van der Waals surface area (Å²) in [4.78, 5) is 35.4. The van der Waals surface area contributed by atoms with Gasteiger partial charge in [0.1, 0.15) is 49.3 Å². The molecule has 45 heavy (non-hydrogen) atoms. The van der Waals surface area contributed by atoms with Crippen molar-refractivity contribution < 1.29 is 33.5 Å². The Morgan fingerprint density at radius 3 is 1.76 bits per heavy atom. The molecule has 0 N–H and O–H groups in total. The number of carbonyl (C=O) groups excluding carboxylic acids is 2. The summed E-state index contributed by atoms with van der Waals surface area (Å²) in [5, 5.41) is 28.2. The molecular weight excluding hydrogens is 584 g/mol. The largest absolute Gasteiger partial charge is 0.488 e. The van der Waals surface area contributed by atoms with Crippen LogP contribution in [0.15, 0.2) is 100 Å². The molecule has 0 amide bonds. The number of hydrogen-bond acceptors (Lipinski definition) is 13. The fraction of sp³-hybridized carbons (Fsp3) is 0.226. The van der Waals surface area contributed by atoms with Gasteiger partial charge in [-0.3, -0.25) is 10.1 Å². The van der Waals surface area contributed by atoms with Gasteiger partial charge in [-0.05, 0) is 42.8 Å². The van der Waals surface area contributed by atoms with Gasteiger partial charge in [0.25, 0.3) is 5.69 Å². The van der Waals surface area contributed by atoms with Gasteiger partial charge in [0.15, 0.2) is 0 Å². The molecule has 14 heteroatoms. The lowest BCUT2D eigenvalue weighted by Crippen LogP contribution is -2.11. The topological polar surface area (TPSA) is 167 Å². The number of nitro benzene ring substituents is 1. The molecule has 0 heterocycles. The van der Waals surface area contributed by atoms with Crippen molar-refractivity contribution in [3.05, 3.63) is 95.6 Å². The van der Waals surface area contributed by atoms with Gasteiger partial charge in [-0.15, -0.1) is 10.2 Å². The minimum Gasteiger partial charge on any atom is -0.488 e. The van der Waals surface area contributed by atoms with Gasteiger partial charge in [0.05, 0.1) is 16.3 Å². The van der Waals surface area contributed by atoms with Crippen molar-refractivity contribution in [1.29, 1.82) is 0 Å². The number of hydrogen-bond donors (Lipinski definition) is 0. The molecule has 234 valence electrons. The molecule has 0 atom stereocenters. The fourth-order valence-electron chi connectivity index (χ4n) is 3.52. The van der Waals surface area contributed by atoms with E-state index in [0.717, 1.165) is 23.4 Å². The molecule has 3 aromatic rings. The van der Waals surface area contributed by atoms with E-state index < -0.39 is 16.9 Å². The third kappa shape index (κ3) is 10.4. The Morgan fingerprint density at radius 1 is 0.778 bits per heavy atom. The second-order valence-corrected chi connectivity index (χ2v) is 9.27. The lowest BCUT2D eigenvalue weighted by Gasteiger charge is -2.14. The molecule has 14 nitrogen and oxygen atoms in total. The molecule has 0 fully saturated rings. The van der Waals surface area contributed by atoms with E-state index in [0.29, 0.717) is 11.4 Å². The maximum absolute atomic E-state index is 11.5. The number of esters is 2. The first-order chi connectivity index (χ1) is 21.6. The molecule has 0 aliphatic heterocycles. The number of nitrogens with zero attached hydrogens (tertiary/aromatic N) is 6. The standard InChI is InChI=1S/C31H32N6O8/c1-6-30(38)44-16-14-42-28-20-27(35-33-25-13-12-24(36(4)5)18-21(25)3)29(43-15-17-45-31(39)7-2)19-26(28)34-32-22-8-10-23(11-9-22)37(40)41/h6-13,18-20H,1-2,14-17H2,3-5H3/b34-32+,35-33+. The van der Waals surface area contributed by atoms with Gasteiger partial charge in [0.2, 0.25) is 0 Å². The van der Waals surface area contributed by atoms with Gasteiger partial charge in [-0.1, -0.05) is 13.2 Å². The Labute approximate surface area is 259 Å². The SMILES string of the molecule is C=CC(=O)OCCOc1cc(/N=N/c2ccc(N(C)C)cc2C)c(OCCOC(=O)C=C)cc1/N=N/c1ccc([N+](=O)[O-])cc1. The van der Waals surface area contributed by atoms with E-state index in [1.54, 1.807) is 0 Å². The number of carbonyl (C=O) groups is 2. The van der Waals surface area contributed by atoms with Crippen molar-refractivity contribution in [3.8, 4) is 11.5 Å². The molecule has 0 aromatic heterocycles. The average Bonchev–Trinajstić information content (AvgIpc) is 3.03. The summed E-state index contributed by atoms with van der Waals surface area (Å²) in [6.07, 6.45) is 2.08. The highest BCUT2D eigenvalue weighted by molar-refractivity contribution is 5.81. The number of non-ortho nitro benzene ring substituents is 1. The summed E-state index contributed by atoms with van der Waals surface area (Å²) in [6.45, 7) is 8.41. The van der Waals surface area contributed by atoms with Crippen LogP contribution in [-0.4, -0.2) is 57.4 Å². The number of aryl methyl sites for hydroxylation is 1. The Balaban J connectivity index is 2.00. The van der Waals surface area contributed by atoms with Crippen molar-refractivity contribution in [3.63, 3.8) is 0 Å². The minimum absolute atomic E-state index is 0.0324. The maximum Gasteiger partial charge on any atom is 0.330 e. The van der Waals surface area contributed by atoms with Crippen molar-refractivity contribution >= 4 is 46.1 Å². The average molecular weight is 617 g/mol. The number of ether oxygens (including phenoxy) is 4. The van der Waals surface area contributed by atoms with Gasteiger partial charge in [-0.25, -0.2) is 9.59 Å². The summed E-state index contributed by atoms with van der Waals surface area (Å²) < 4.78 is 21.7. The van der Waals surface area contributed by atoms with E-state index in [-0.39, 0.29) is 55.0 Å². The Hall–Kier alpha value is -5.92. The second-order valence-electron chi connectivity index (χ2n) is 9.27. The molecule has 3 rings (SSSR count). The van der Waals surface area contributed by atoms with Crippen LogP contribution in [0, 0.1) is 17.0 Å². The van der Waals surface area contributed by atoms with Gasteiger partial charge >= 0.3 is 11.9 Å². The third-order valence-corrected chi connectivity index (χ3v) is 5.84. The normalized spacial score (nSPS) is 10.8. The number of nitro groups is 1. The molecule has 0 saturated carbocycles. The van der Waals surface area contributed by atoms with Crippen molar-refractivity contribution in [2.24, 2.45) is 20.5 Å². The van der Waals surface area contributed by atoms with Crippen molar-refractivity contribution in [2.75, 3.05) is 45.4 Å². The summed E-state index contributed by atoms with van der Waals surface area (Å²) >= 11 is 0. The Kier molecular flexibility index (Phi) is 12.4. The highest BCUT2D eigenvalue weighted by Crippen LogP contribution is 2.41. The number of anilines is 1. The quantitative estimate of drug-likeness (QED) is 0.0410. The summed E-state index contributed by atoms with van der Waals surface area (Å²) in [6, 6.07) is 14.2. The zero-order valence-electron chi connectivity index (χ0n) is 25.0. The lowest BCUT2D eigenvalue weighted by molar-refractivity contribution is -0.384. The van der Waals surface area contributed by atoms with Crippen LogP contribution < -0.4 is 14.4 Å². The third-order valence-electron chi connectivity index (χ3n) is 5.84. The summed E-state index contributed by atoms with van der Waals surface area (Å²) in [5.41, 5.74) is 3.21. The number of azo groups is 2. The first-order valence-corrected chi connectivity index (χ1v) is 13.5. The highest BCUT2D eigenvalue weighted by atomic mass is 16.6. The van der Waals surface area contributed by atoms with Gasteiger partial charge < -0.3 is 23.8 Å². The van der Waals surface area contributed by atoms with Crippen molar-refractivity contribution in [2.45, 2.75) is 6.92 Å². The van der Waals surface area contributed by atoms with Gasteiger partial charge in [-0.2, -0.15) is 10.2 Å². The molecule has 0 aliphatic carbocycles. The zero-order chi connectivity index (χ0) is 32.8. The van der Waals surface area contributed by atoms with E-state index in [4.69, 9.17) is 18.9 Å². The lowest BCUT2D eigenvalue weighted by atomic mass is 10.2. The molecule has 0 aliphatic rings. The van der Waals surface area contributed by atoms with E-state index >= 15 is 0 Å². The molecule has 0 spiro atoms. The first kappa shape index (κ1) is 33.6. The highest BCUT2D eigenvalue weighted by Gasteiger charge is 2.15. The summed E-state index contributed by atoms with van der Waals surface area (Å²) in [5.74, 6) is -0.787. The maximum atomic E-state index is 11.5. The van der Waals surface area contributed by atoms with Crippen LogP contribution in [0.1, 0.15) is 5.56 Å². The van der Waals surface area contributed by atoms with Crippen LogP contribution in [0.25, 0.3) is 0 Å². The predicted octanol–water partition coefficient (Wildman–Crippen LogP) is 7.02. The zero-order valence-corrected chi connectivity index (χ0v) is 25.0. The molecule has 0 unspecified atom stereocenters. The molecule has 0 radical (unpaired) electrons. The van der Waals surface area contributed by atoms with Crippen LogP contribution in [0.2, 0.25) is 0 Å². The van der Waals surface area contributed by atoms with Crippen LogP contribution in [0.3, 0.4) is 0 Å². The number of benzene rings is 3. The van der Waals surface area contributed by atoms with E-state index in [1.807, 2.05) is 44.1 Å².